The first-order valence-electron chi connectivity index (χ1n) is 8.51. The number of hydrogen-bond acceptors (Lipinski definition) is 5. The van der Waals surface area contributed by atoms with Crippen LogP contribution >= 0.6 is 11.3 Å². The lowest BCUT2D eigenvalue weighted by atomic mass is 10.2. The second kappa shape index (κ2) is 8.92. The first-order chi connectivity index (χ1) is 13.0. The molecule has 7 heteroatoms. The molecule has 0 aliphatic carbocycles. The molecular weight excluding hydrogens is 380 g/mol. The van der Waals surface area contributed by atoms with Crippen LogP contribution in [0.1, 0.15) is 17.7 Å². The van der Waals surface area contributed by atoms with E-state index in [9.17, 15) is 13.2 Å². The van der Waals surface area contributed by atoms with Crippen LogP contribution in [0, 0.1) is 0 Å². The Kier molecular flexibility index (Phi) is 6.36. The van der Waals surface area contributed by atoms with Gasteiger partial charge in [-0.05, 0) is 46.7 Å². The molecule has 0 bridgehead atoms. The van der Waals surface area contributed by atoms with Crippen LogP contribution in [-0.4, -0.2) is 30.0 Å². The van der Waals surface area contributed by atoms with Crippen molar-refractivity contribution in [2.24, 2.45) is 0 Å². The number of rotatable bonds is 8. The highest BCUT2D eigenvalue weighted by Gasteiger charge is 2.20. The lowest BCUT2D eigenvalue weighted by molar-refractivity contribution is -0.132. The van der Waals surface area contributed by atoms with Crippen LogP contribution in [0.5, 0.6) is 0 Å². The summed E-state index contributed by atoms with van der Waals surface area (Å²) < 4.78 is 24.9. The van der Waals surface area contributed by atoms with Gasteiger partial charge in [-0.25, -0.2) is 8.42 Å². The van der Waals surface area contributed by atoms with Gasteiger partial charge in [-0.15, -0.1) is 0 Å². The zero-order valence-corrected chi connectivity index (χ0v) is 16.3. The molecule has 3 aromatic rings. The highest BCUT2D eigenvalue weighted by molar-refractivity contribution is 7.91. The van der Waals surface area contributed by atoms with Crippen LogP contribution in [-0.2, 0) is 27.7 Å². The van der Waals surface area contributed by atoms with E-state index in [1.807, 2.05) is 35.0 Å². The van der Waals surface area contributed by atoms with Crippen molar-refractivity contribution >= 4 is 27.1 Å². The minimum absolute atomic E-state index is 0.0613. The Labute approximate surface area is 163 Å². The summed E-state index contributed by atoms with van der Waals surface area (Å²) in [6.07, 6.45) is 1.62. The van der Waals surface area contributed by atoms with Crippen LogP contribution in [0.15, 0.2) is 76.4 Å². The molecule has 1 aromatic carbocycles. The summed E-state index contributed by atoms with van der Waals surface area (Å²) in [6.45, 7) is 0.783. The summed E-state index contributed by atoms with van der Waals surface area (Å²) in [7, 11) is -3.48. The summed E-state index contributed by atoms with van der Waals surface area (Å²) in [5.41, 5.74) is 1.79. The molecule has 0 spiro atoms. The SMILES string of the molecule is O=C(CCS(=O)(=O)c1ccccc1)N(Cc1ccsc1)Cc1ccccn1. The molecule has 5 nitrogen and oxygen atoms in total. The Hall–Kier alpha value is -2.51. The lowest BCUT2D eigenvalue weighted by Gasteiger charge is -2.22. The molecule has 0 saturated carbocycles. The van der Waals surface area contributed by atoms with Gasteiger partial charge >= 0.3 is 0 Å². The highest BCUT2D eigenvalue weighted by atomic mass is 32.2. The smallest absolute Gasteiger partial charge is 0.224 e. The predicted molar refractivity (Wildman–Crippen MR) is 106 cm³/mol. The molecule has 3 rings (SSSR count). The van der Waals surface area contributed by atoms with Gasteiger partial charge in [-0.2, -0.15) is 11.3 Å². The van der Waals surface area contributed by atoms with Gasteiger partial charge in [0.25, 0.3) is 0 Å². The van der Waals surface area contributed by atoms with Crippen LogP contribution < -0.4 is 0 Å². The number of thiophene rings is 1. The van der Waals surface area contributed by atoms with Gasteiger partial charge in [-0.1, -0.05) is 24.3 Å². The van der Waals surface area contributed by atoms with E-state index in [4.69, 9.17) is 0 Å². The van der Waals surface area contributed by atoms with Crippen molar-refractivity contribution in [1.82, 2.24) is 9.88 Å². The Morgan fingerprint density at radius 2 is 1.78 bits per heavy atom. The second-order valence-electron chi connectivity index (χ2n) is 6.08. The quantitative estimate of drug-likeness (QED) is 0.580. The molecule has 0 unspecified atom stereocenters. The molecule has 0 atom stereocenters. The fourth-order valence-electron chi connectivity index (χ4n) is 2.65. The van der Waals surface area contributed by atoms with E-state index in [-0.39, 0.29) is 23.0 Å². The highest BCUT2D eigenvalue weighted by Crippen LogP contribution is 2.15. The van der Waals surface area contributed by atoms with Crippen molar-refractivity contribution in [2.45, 2.75) is 24.4 Å². The van der Waals surface area contributed by atoms with Crippen LogP contribution in [0.4, 0.5) is 0 Å². The maximum atomic E-state index is 12.8. The molecule has 2 aromatic heterocycles. The Bertz CT molecular complexity index is 957. The van der Waals surface area contributed by atoms with Crippen molar-refractivity contribution < 1.29 is 13.2 Å². The number of nitrogens with zero attached hydrogens (tertiary/aromatic N) is 2. The number of pyridine rings is 1. The third kappa shape index (κ3) is 5.48. The molecular formula is C20H20N2O3S2. The number of amides is 1. The fourth-order valence-corrected chi connectivity index (χ4v) is 4.56. The Morgan fingerprint density at radius 1 is 1.00 bits per heavy atom. The summed E-state index contributed by atoms with van der Waals surface area (Å²) in [4.78, 5) is 19.0. The molecule has 27 heavy (non-hydrogen) atoms. The Balaban J connectivity index is 1.70. The largest absolute Gasteiger partial charge is 0.332 e. The standard InChI is InChI=1S/C20H20N2O3S2/c23-20(10-13-27(24,25)19-7-2-1-3-8-19)22(14-17-9-12-26-16-17)15-18-6-4-5-11-21-18/h1-9,11-12,16H,10,13-15H2. The third-order valence-corrected chi connectivity index (χ3v) is 6.54. The average Bonchev–Trinajstić information content (AvgIpc) is 3.20. The lowest BCUT2D eigenvalue weighted by Crippen LogP contribution is -2.31. The number of aromatic nitrogens is 1. The third-order valence-electron chi connectivity index (χ3n) is 4.07. The minimum atomic E-state index is -3.48. The van der Waals surface area contributed by atoms with Gasteiger partial charge in [0.15, 0.2) is 9.84 Å². The van der Waals surface area contributed by atoms with Crippen molar-refractivity contribution in [2.75, 3.05) is 5.75 Å². The van der Waals surface area contributed by atoms with Gasteiger partial charge in [0.05, 0.1) is 22.9 Å². The summed E-state index contributed by atoms with van der Waals surface area (Å²) >= 11 is 1.57. The van der Waals surface area contributed by atoms with Crippen LogP contribution in [0.25, 0.3) is 0 Å². The summed E-state index contributed by atoms with van der Waals surface area (Å²) in [5, 5.41) is 3.94. The Morgan fingerprint density at radius 3 is 2.44 bits per heavy atom. The van der Waals surface area contributed by atoms with E-state index in [1.165, 1.54) is 0 Å². The molecule has 140 valence electrons. The van der Waals surface area contributed by atoms with Gasteiger partial charge < -0.3 is 4.90 Å². The number of sulfone groups is 1. The first kappa shape index (κ1) is 19.3. The molecule has 2 heterocycles. The molecule has 0 radical (unpaired) electrons. The van der Waals surface area contributed by atoms with Crippen molar-refractivity contribution in [1.29, 1.82) is 0 Å². The number of carbonyl (C=O) groups is 1. The topological polar surface area (TPSA) is 67.3 Å². The van der Waals surface area contributed by atoms with Gasteiger partial charge in [0.2, 0.25) is 5.91 Å². The predicted octanol–water partition coefficient (Wildman–Crippen LogP) is 3.54. The fraction of sp³-hybridized carbons (Fsp3) is 0.200. The van der Waals surface area contributed by atoms with E-state index < -0.39 is 9.84 Å². The zero-order valence-electron chi connectivity index (χ0n) is 14.7. The van der Waals surface area contributed by atoms with E-state index in [0.717, 1.165) is 11.3 Å². The van der Waals surface area contributed by atoms with Crippen LogP contribution in [0.2, 0.25) is 0 Å². The van der Waals surface area contributed by atoms with Crippen molar-refractivity contribution in [3.63, 3.8) is 0 Å². The normalized spacial score (nSPS) is 11.3. The molecule has 1 amide bonds. The van der Waals surface area contributed by atoms with E-state index >= 15 is 0 Å². The van der Waals surface area contributed by atoms with Gasteiger partial charge in [-0.3, -0.25) is 9.78 Å². The van der Waals surface area contributed by atoms with Gasteiger partial charge in [0, 0.05) is 19.2 Å². The molecule has 0 N–H and O–H groups in total. The summed E-state index contributed by atoms with van der Waals surface area (Å²) in [6, 6.07) is 15.7. The minimum Gasteiger partial charge on any atom is -0.332 e. The maximum absolute atomic E-state index is 12.8. The first-order valence-corrected chi connectivity index (χ1v) is 11.1. The van der Waals surface area contributed by atoms with E-state index in [0.29, 0.717) is 13.1 Å². The molecule has 0 aliphatic heterocycles. The monoisotopic (exact) mass is 400 g/mol. The molecule has 0 aliphatic rings. The van der Waals surface area contributed by atoms with E-state index in [2.05, 4.69) is 4.98 Å². The average molecular weight is 401 g/mol. The maximum Gasteiger partial charge on any atom is 0.224 e. The second-order valence-corrected chi connectivity index (χ2v) is 8.97. The van der Waals surface area contributed by atoms with Crippen molar-refractivity contribution in [3.05, 3.63) is 82.8 Å². The molecule has 0 saturated heterocycles. The number of carbonyl (C=O) groups excluding carboxylic acids is 1. The van der Waals surface area contributed by atoms with E-state index in [1.54, 1.807) is 52.8 Å². The number of benzene rings is 1. The van der Waals surface area contributed by atoms with Crippen molar-refractivity contribution in [3.8, 4) is 0 Å². The van der Waals surface area contributed by atoms with Crippen LogP contribution in [0.3, 0.4) is 0 Å². The summed E-state index contributed by atoms with van der Waals surface area (Å²) in [5.74, 6) is -0.413. The zero-order chi connectivity index (χ0) is 19.1. The molecule has 0 fully saturated rings. The number of hydrogen-bond donors (Lipinski definition) is 0. The van der Waals surface area contributed by atoms with Gasteiger partial charge in [0.1, 0.15) is 0 Å².